The number of hydrogen-bond acceptors (Lipinski definition) is 4. The molecular weight excluding hydrogens is 264 g/mol. The van der Waals surface area contributed by atoms with Gasteiger partial charge < -0.3 is 10.2 Å². The molecule has 5 nitrogen and oxygen atoms in total. The predicted octanol–water partition coefficient (Wildman–Crippen LogP) is 1.88. The zero-order valence-electron chi connectivity index (χ0n) is 11.8. The Balaban J connectivity index is 1.53. The van der Waals surface area contributed by atoms with Crippen molar-refractivity contribution in [2.45, 2.75) is 18.9 Å². The topological polar surface area (TPSA) is 58.1 Å². The molecule has 1 aliphatic heterocycles. The van der Waals surface area contributed by atoms with Crippen molar-refractivity contribution in [2.24, 2.45) is 0 Å². The van der Waals surface area contributed by atoms with Gasteiger partial charge in [-0.25, -0.2) is 4.98 Å². The summed E-state index contributed by atoms with van der Waals surface area (Å²) in [6.45, 7) is 1.82. The van der Waals surface area contributed by atoms with Crippen LogP contribution < -0.4 is 10.2 Å². The van der Waals surface area contributed by atoms with Crippen molar-refractivity contribution in [1.82, 2.24) is 15.3 Å². The Morgan fingerprint density at radius 3 is 2.67 bits per heavy atom. The van der Waals surface area contributed by atoms with Gasteiger partial charge >= 0.3 is 0 Å². The highest BCUT2D eigenvalue weighted by molar-refractivity contribution is 5.94. The summed E-state index contributed by atoms with van der Waals surface area (Å²) < 4.78 is 0. The number of anilines is 1. The van der Waals surface area contributed by atoms with E-state index in [1.54, 1.807) is 24.5 Å². The molecule has 2 aromatic rings. The van der Waals surface area contributed by atoms with Crippen molar-refractivity contribution >= 4 is 11.7 Å². The summed E-state index contributed by atoms with van der Waals surface area (Å²) in [5.41, 5.74) is 0.615. The smallest absolute Gasteiger partial charge is 0.253 e. The quantitative estimate of drug-likeness (QED) is 0.933. The van der Waals surface area contributed by atoms with E-state index >= 15 is 0 Å². The number of rotatable bonds is 3. The Labute approximate surface area is 124 Å². The number of carbonyl (C=O) groups is 1. The highest BCUT2D eigenvalue weighted by Gasteiger charge is 2.21. The zero-order chi connectivity index (χ0) is 14.5. The summed E-state index contributed by atoms with van der Waals surface area (Å²) in [6.07, 6.45) is 6.94. The van der Waals surface area contributed by atoms with Gasteiger partial charge in [-0.2, -0.15) is 0 Å². The molecule has 0 unspecified atom stereocenters. The second-order valence-electron chi connectivity index (χ2n) is 5.16. The second kappa shape index (κ2) is 6.35. The molecule has 0 bridgehead atoms. The molecule has 0 spiro atoms. The molecule has 1 saturated heterocycles. The van der Waals surface area contributed by atoms with Crippen molar-refractivity contribution in [3.63, 3.8) is 0 Å². The predicted molar refractivity (Wildman–Crippen MR) is 81.2 cm³/mol. The Kier molecular flexibility index (Phi) is 4.09. The average Bonchev–Trinajstić information content (AvgIpc) is 2.57. The van der Waals surface area contributed by atoms with Gasteiger partial charge in [-0.3, -0.25) is 9.78 Å². The molecular formula is C16H18N4O. The van der Waals surface area contributed by atoms with E-state index < -0.39 is 0 Å². The zero-order valence-corrected chi connectivity index (χ0v) is 11.8. The van der Waals surface area contributed by atoms with Crippen LogP contribution in [-0.2, 0) is 0 Å². The number of aromatic nitrogens is 2. The van der Waals surface area contributed by atoms with Crippen LogP contribution in [0.25, 0.3) is 0 Å². The maximum absolute atomic E-state index is 12.1. The van der Waals surface area contributed by atoms with Crippen molar-refractivity contribution in [3.8, 4) is 0 Å². The van der Waals surface area contributed by atoms with E-state index in [9.17, 15) is 4.79 Å². The highest BCUT2D eigenvalue weighted by atomic mass is 16.1. The van der Waals surface area contributed by atoms with E-state index in [-0.39, 0.29) is 11.9 Å². The molecule has 0 aromatic carbocycles. The molecule has 1 aliphatic rings. The summed E-state index contributed by atoms with van der Waals surface area (Å²) in [6, 6.07) is 9.72. The van der Waals surface area contributed by atoms with Crippen LogP contribution in [0.15, 0.2) is 48.9 Å². The number of amides is 1. The summed E-state index contributed by atoms with van der Waals surface area (Å²) in [4.78, 5) is 22.7. The van der Waals surface area contributed by atoms with Crippen LogP contribution in [0.4, 0.5) is 5.82 Å². The third-order valence-corrected chi connectivity index (χ3v) is 3.73. The lowest BCUT2D eigenvalue weighted by molar-refractivity contribution is 0.0930. The molecule has 1 N–H and O–H groups in total. The summed E-state index contributed by atoms with van der Waals surface area (Å²) in [7, 11) is 0. The van der Waals surface area contributed by atoms with Crippen LogP contribution in [0.5, 0.6) is 0 Å². The number of nitrogens with one attached hydrogen (secondary N) is 1. The monoisotopic (exact) mass is 282 g/mol. The first-order valence-electron chi connectivity index (χ1n) is 7.20. The molecule has 0 radical (unpaired) electrons. The molecule has 3 heterocycles. The summed E-state index contributed by atoms with van der Waals surface area (Å²) in [5.74, 6) is 0.967. The van der Waals surface area contributed by atoms with Gasteiger partial charge in [0, 0.05) is 37.7 Å². The Hall–Kier alpha value is -2.43. The number of carbonyl (C=O) groups excluding carboxylic acids is 1. The van der Waals surface area contributed by atoms with E-state index in [1.807, 2.05) is 24.4 Å². The second-order valence-corrected chi connectivity index (χ2v) is 5.16. The van der Waals surface area contributed by atoms with Crippen molar-refractivity contribution < 1.29 is 4.79 Å². The summed E-state index contributed by atoms with van der Waals surface area (Å²) >= 11 is 0. The van der Waals surface area contributed by atoms with Gasteiger partial charge in [0.15, 0.2) is 0 Å². The minimum Gasteiger partial charge on any atom is -0.356 e. The molecule has 2 aromatic heterocycles. The van der Waals surface area contributed by atoms with E-state index in [0.717, 1.165) is 31.7 Å². The third-order valence-electron chi connectivity index (χ3n) is 3.73. The molecule has 21 heavy (non-hydrogen) atoms. The van der Waals surface area contributed by atoms with E-state index in [4.69, 9.17) is 0 Å². The van der Waals surface area contributed by atoms with Gasteiger partial charge in [-0.05, 0) is 37.1 Å². The lowest BCUT2D eigenvalue weighted by atomic mass is 10.0. The fraction of sp³-hybridized carbons (Fsp3) is 0.312. The number of hydrogen-bond donors (Lipinski definition) is 1. The normalized spacial score (nSPS) is 15.7. The lowest BCUT2D eigenvalue weighted by Crippen LogP contribution is -2.45. The molecule has 3 rings (SSSR count). The van der Waals surface area contributed by atoms with Gasteiger partial charge in [0.25, 0.3) is 5.91 Å². The van der Waals surface area contributed by atoms with Crippen LogP contribution in [0.3, 0.4) is 0 Å². The maximum atomic E-state index is 12.1. The molecule has 0 saturated carbocycles. The molecule has 108 valence electrons. The lowest BCUT2D eigenvalue weighted by Gasteiger charge is -2.33. The summed E-state index contributed by atoms with van der Waals surface area (Å²) in [5, 5.41) is 3.08. The first-order chi connectivity index (χ1) is 10.3. The number of piperidine rings is 1. The third kappa shape index (κ3) is 3.37. The van der Waals surface area contributed by atoms with E-state index in [0.29, 0.717) is 5.56 Å². The van der Waals surface area contributed by atoms with E-state index in [2.05, 4.69) is 20.2 Å². The Bertz CT molecular complexity index is 580. The Morgan fingerprint density at radius 2 is 2.00 bits per heavy atom. The fourth-order valence-corrected chi connectivity index (χ4v) is 2.56. The minimum atomic E-state index is -0.0422. The Morgan fingerprint density at radius 1 is 1.14 bits per heavy atom. The number of pyridine rings is 2. The van der Waals surface area contributed by atoms with Crippen molar-refractivity contribution in [1.29, 1.82) is 0 Å². The van der Waals surface area contributed by atoms with Crippen molar-refractivity contribution in [2.75, 3.05) is 18.0 Å². The molecule has 1 amide bonds. The van der Waals surface area contributed by atoms with Crippen LogP contribution >= 0.6 is 0 Å². The van der Waals surface area contributed by atoms with Crippen LogP contribution in [0.1, 0.15) is 23.2 Å². The van der Waals surface area contributed by atoms with Crippen molar-refractivity contribution in [3.05, 3.63) is 54.5 Å². The van der Waals surface area contributed by atoms with Crippen LogP contribution in [0, 0.1) is 0 Å². The van der Waals surface area contributed by atoms with E-state index in [1.165, 1.54) is 0 Å². The first kappa shape index (κ1) is 13.5. The standard InChI is InChI=1S/C16H18N4O/c21-16(13-4-3-8-17-12-13)19-14-6-10-20(11-7-14)15-5-1-2-9-18-15/h1-5,8-9,12,14H,6-7,10-11H2,(H,19,21). The molecule has 1 fully saturated rings. The van der Waals surface area contributed by atoms with Gasteiger partial charge in [0.1, 0.15) is 5.82 Å². The van der Waals surface area contributed by atoms with Crippen LogP contribution in [0.2, 0.25) is 0 Å². The molecule has 0 atom stereocenters. The van der Waals surface area contributed by atoms with Gasteiger partial charge in [-0.1, -0.05) is 6.07 Å². The van der Waals surface area contributed by atoms with Crippen LogP contribution in [-0.4, -0.2) is 35.0 Å². The maximum Gasteiger partial charge on any atom is 0.253 e. The first-order valence-corrected chi connectivity index (χ1v) is 7.20. The minimum absolute atomic E-state index is 0.0422. The fourth-order valence-electron chi connectivity index (χ4n) is 2.56. The number of nitrogens with zero attached hydrogens (tertiary/aromatic N) is 3. The van der Waals surface area contributed by atoms with Gasteiger partial charge in [-0.15, -0.1) is 0 Å². The van der Waals surface area contributed by atoms with Gasteiger partial charge in [0.2, 0.25) is 0 Å². The largest absolute Gasteiger partial charge is 0.356 e. The average molecular weight is 282 g/mol. The highest BCUT2D eigenvalue weighted by Crippen LogP contribution is 2.17. The molecule has 0 aliphatic carbocycles. The SMILES string of the molecule is O=C(NC1CCN(c2ccccn2)CC1)c1cccnc1. The van der Waals surface area contributed by atoms with Gasteiger partial charge in [0.05, 0.1) is 5.56 Å². The molecule has 5 heteroatoms.